The third kappa shape index (κ3) is 4.15. The van der Waals surface area contributed by atoms with Gasteiger partial charge in [0.1, 0.15) is 12.3 Å². The average Bonchev–Trinajstić information content (AvgIpc) is 3.07. The Balaban J connectivity index is 1.70. The SMILES string of the molecule is COc1ccc(-c2ccc(=O)n(CC(=O)NCc3cnn(C)c3)n2)cc1. The summed E-state index contributed by atoms with van der Waals surface area (Å²) >= 11 is 0. The second-order valence-corrected chi connectivity index (χ2v) is 5.74. The highest BCUT2D eigenvalue weighted by Crippen LogP contribution is 2.19. The van der Waals surface area contributed by atoms with Crippen molar-refractivity contribution in [1.29, 1.82) is 0 Å². The number of hydrogen-bond acceptors (Lipinski definition) is 5. The Labute approximate surface area is 150 Å². The van der Waals surface area contributed by atoms with Gasteiger partial charge in [0, 0.05) is 37.0 Å². The molecule has 134 valence electrons. The van der Waals surface area contributed by atoms with E-state index in [0.717, 1.165) is 21.6 Å². The first-order chi connectivity index (χ1) is 12.5. The van der Waals surface area contributed by atoms with E-state index in [1.54, 1.807) is 31.1 Å². The van der Waals surface area contributed by atoms with Crippen LogP contribution in [0.15, 0.2) is 53.6 Å². The number of aryl methyl sites for hydroxylation is 1. The fourth-order valence-corrected chi connectivity index (χ4v) is 2.43. The van der Waals surface area contributed by atoms with E-state index in [-0.39, 0.29) is 18.0 Å². The van der Waals surface area contributed by atoms with Crippen LogP contribution in [0.2, 0.25) is 0 Å². The lowest BCUT2D eigenvalue weighted by atomic mass is 10.1. The zero-order valence-corrected chi connectivity index (χ0v) is 14.5. The van der Waals surface area contributed by atoms with Crippen molar-refractivity contribution in [2.24, 2.45) is 7.05 Å². The molecule has 0 atom stereocenters. The first-order valence-electron chi connectivity index (χ1n) is 8.02. The van der Waals surface area contributed by atoms with Crippen molar-refractivity contribution in [3.05, 3.63) is 64.7 Å². The monoisotopic (exact) mass is 353 g/mol. The van der Waals surface area contributed by atoms with Crippen LogP contribution in [-0.2, 0) is 24.9 Å². The van der Waals surface area contributed by atoms with E-state index in [4.69, 9.17) is 4.74 Å². The van der Waals surface area contributed by atoms with E-state index in [1.165, 1.54) is 6.07 Å². The molecule has 2 heterocycles. The molecule has 2 aromatic heterocycles. The van der Waals surface area contributed by atoms with Gasteiger partial charge < -0.3 is 10.1 Å². The Kier molecular flexibility index (Phi) is 5.12. The molecule has 8 nitrogen and oxygen atoms in total. The Morgan fingerprint density at radius 2 is 1.96 bits per heavy atom. The van der Waals surface area contributed by atoms with Crippen molar-refractivity contribution >= 4 is 5.91 Å². The van der Waals surface area contributed by atoms with Crippen molar-refractivity contribution in [3.63, 3.8) is 0 Å². The summed E-state index contributed by atoms with van der Waals surface area (Å²) in [6.45, 7) is 0.197. The molecule has 0 saturated carbocycles. The summed E-state index contributed by atoms with van der Waals surface area (Å²) in [5.41, 5.74) is 1.98. The molecule has 1 amide bonds. The molecular weight excluding hydrogens is 334 g/mol. The van der Waals surface area contributed by atoms with E-state index < -0.39 is 0 Å². The van der Waals surface area contributed by atoms with Crippen LogP contribution in [0.3, 0.4) is 0 Å². The van der Waals surface area contributed by atoms with E-state index in [1.807, 2.05) is 30.5 Å². The minimum atomic E-state index is -0.334. The predicted octanol–water partition coefficient (Wildman–Crippen LogP) is 0.969. The van der Waals surface area contributed by atoms with Crippen LogP contribution in [0, 0.1) is 0 Å². The Morgan fingerprint density at radius 3 is 2.62 bits per heavy atom. The zero-order chi connectivity index (χ0) is 18.5. The summed E-state index contributed by atoms with van der Waals surface area (Å²) in [7, 11) is 3.40. The van der Waals surface area contributed by atoms with Crippen molar-refractivity contribution in [3.8, 4) is 17.0 Å². The highest BCUT2D eigenvalue weighted by molar-refractivity contribution is 5.75. The van der Waals surface area contributed by atoms with Gasteiger partial charge in [-0.25, -0.2) is 4.68 Å². The van der Waals surface area contributed by atoms with Crippen LogP contribution in [0.1, 0.15) is 5.56 Å². The second-order valence-electron chi connectivity index (χ2n) is 5.74. The number of nitrogens with zero attached hydrogens (tertiary/aromatic N) is 4. The Morgan fingerprint density at radius 1 is 1.19 bits per heavy atom. The van der Waals surface area contributed by atoms with Crippen LogP contribution in [0.4, 0.5) is 0 Å². The van der Waals surface area contributed by atoms with E-state index in [0.29, 0.717) is 12.2 Å². The highest BCUT2D eigenvalue weighted by atomic mass is 16.5. The number of rotatable bonds is 6. The Bertz CT molecular complexity index is 959. The fourth-order valence-electron chi connectivity index (χ4n) is 2.43. The maximum Gasteiger partial charge on any atom is 0.267 e. The molecule has 0 spiro atoms. The molecule has 3 rings (SSSR count). The molecule has 0 radical (unpaired) electrons. The molecule has 0 aliphatic heterocycles. The highest BCUT2D eigenvalue weighted by Gasteiger charge is 2.08. The maximum atomic E-state index is 12.1. The van der Waals surface area contributed by atoms with Gasteiger partial charge in [-0.15, -0.1) is 0 Å². The maximum absolute atomic E-state index is 12.1. The van der Waals surface area contributed by atoms with Gasteiger partial charge in [-0.3, -0.25) is 14.3 Å². The van der Waals surface area contributed by atoms with E-state index >= 15 is 0 Å². The molecule has 1 aromatic carbocycles. The molecule has 8 heteroatoms. The largest absolute Gasteiger partial charge is 0.497 e. The van der Waals surface area contributed by atoms with Crippen molar-refractivity contribution in [2.45, 2.75) is 13.1 Å². The molecule has 0 unspecified atom stereocenters. The third-order valence-corrected chi connectivity index (χ3v) is 3.79. The number of carbonyl (C=O) groups excluding carboxylic acids is 1. The molecule has 0 bridgehead atoms. The van der Waals surface area contributed by atoms with Gasteiger partial charge in [0.05, 0.1) is 19.0 Å². The number of methoxy groups -OCH3 is 1. The normalized spacial score (nSPS) is 10.5. The number of hydrogen-bond donors (Lipinski definition) is 1. The first-order valence-corrected chi connectivity index (χ1v) is 8.02. The topological polar surface area (TPSA) is 91.0 Å². The number of benzene rings is 1. The summed E-state index contributed by atoms with van der Waals surface area (Å²) in [6.07, 6.45) is 3.49. The Hall–Kier alpha value is -3.42. The molecule has 0 aliphatic carbocycles. The molecule has 3 aromatic rings. The van der Waals surface area contributed by atoms with E-state index in [9.17, 15) is 9.59 Å². The predicted molar refractivity (Wildman–Crippen MR) is 95.5 cm³/mol. The lowest BCUT2D eigenvalue weighted by Crippen LogP contribution is -2.33. The molecule has 0 fully saturated rings. The van der Waals surface area contributed by atoms with Gasteiger partial charge in [-0.1, -0.05) is 0 Å². The van der Waals surface area contributed by atoms with Gasteiger partial charge in [0.15, 0.2) is 0 Å². The van der Waals surface area contributed by atoms with Crippen LogP contribution in [0.25, 0.3) is 11.3 Å². The molecule has 1 N–H and O–H groups in total. The lowest BCUT2D eigenvalue weighted by molar-refractivity contribution is -0.122. The molecule has 26 heavy (non-hydrogen) atoms. The van der Waals surface area contributed by atoms with Crippen LogP contribution >= 0.6 is 0 Å². The molecular formula is C18H19N5O3. The van der Waals surface area contributed by atoms with Gasteiger partial charge in [-0.05, 0) is 30.3 Å². The van der Waals surface area contributed by atoms with Gasteiger partial charge >= 0.3 is 0 Å². The fraction of sp³-hybridized carbons (Fsp3) is 0.222. The number of nitrogens with one attached hydrogen (secondary N) is 1. The summed E-state index contributed by atoms with van der Waals surface area (Å²) in [5, 5.41) is 11.1. The van der Waals surface area contributed by atoms with Gasteiger partial charge in [0.2, 0.25) is 5.91 Å². The van der Waals surface area contributed by atoms with Crippen LogP contribution < -0.4 is 15.6 Å². The summed E-state index contributed by atoms with van der Waals surface area (Å²) in [5.74, 6) is 0.437. The van der Waals surface area contributed by atoms with Gasteiger partial charge in [-0.2, -0.15) is 10.2 Å². The zero-order valence-electron chi connectivity index (χ0n) is 14.5. The minimum absolute atomic E-state index is 0.150. The standard InChI is InChI=1S/C18H19N5O3/c1-22-11-13(10-20-22)9-19-17(24)12-23-18(25)8-7-16(21-23)14-3-5-15(26-2)6-4-14/h3-8,10-11H,9,12H2,1-2H3,(H,19,24). The van der Waals surface area contributed by atoms with Crippen LogP contribution in [0.5, 0.6) is 5.75 Å². The smallest absolute Gasteiger partial charge is 0.267 e. The number of aromatic nitrogens is 4. The minimum Gasteiger partial charge on any atom is -0.497 e. The summed E-state index contributed by atoms with van der Waals surface area (Å²) in [4.78, 5) is 24.1. The first kappa shape index (κ1) is 17.4. The number of amides is 1. The molecule has 0 saturated heterocycles. The van der Waals surface area contributed by atoms with Crippen LogP contribution in [-0.4, -0.2) is 32.6 Å². The summed E-state index contributed by atoms with van der Waals surface area (Å²) in [6, 6.07) is 10.4. The quantitative estimate of drug-likeness (QED) is 0.713. The summed E-state index contributed by atoms with van der Waals surface area (Å²) < 4.78 is 7.94. The third-order valence-electron chi connectivity index (χ3n) is 3.79. The average molecular weight is 353 g/mol. The lowest BCUT2D eigenvalue weighted by Gasteiger charge is -2.08. The number of carbonyl (C=O) groups is 1. The molecule has 0 aliphatic rings. The van der Waals surface area contributed by atoms with Crippen molar-refractivity contribution in [1.82, 2.24) is 24.9 Å². The van der Waals surface area contributed by atoms with Crippen molar-refractivity contribution in [2.75, 3.05) is 7.11 Å². The number of ether oxygens (including phenoxy) is 1. The van der Waals surface area contributed by atoms with Crippen molar-refractivity contribution < 1.29 is 9.53 Å². The van der Waals surface area contributed by atoms with E-state index in [2.05, 4.69) is 15.5 Å². The van der Waals surface area contributed by atoms with Gasteiger partial charge in [0.25, 0.3) is 5.56 Å². The second kappa shape index (κ2) is 7.64.